The molecule has 21 heavy (non-hydrogen) atoms. The molecular weight excluding hydrogens is 268 g/mol. The second kappa shape index (κ2) is 5.60. The first-order valence-corrected chi connectivity index (χ1v) is 6.99. The van der Waals surface area contributed by atoms with E-state index in [2.05, 4.69) is 9.55 Å². The van der Waals surface area contributed by atoms with E-state index >= 15 is 0 Å². The molecule has 0 N–H and O–H groups in total. The highest BCUT2D eigenvalue weighted by Crippen LogP contribution is 2.28. The minimum atomic E-state index is -0.131. The van der Waals surface area contributed by atoms with Gasteiger partial charge in [0.2, 0.25) is 0 Å². The molecule has 2 heterocycles. The van der Waals surface area contributed by atoms with Crippen molar-refractivity contribution in [2.75, 3.05) is 14.2 Å². The molecule has 0 aliphatic carbocycles. The molecule has 0 amide bonds. The summed E-state index contributed by atoms with van der Waals surface area (Å²) in [5, 5.41) is 0. The van der Waals surface area contributed by atoms with Crippen molar-refractivity contribution in [3.05, 3.63) is 36.2 Å². The van der Waals surface area contributed by atoms with Crippen molar-refractivity contribution in [2.24, 2.45) is 5.92 Å². The largest absolute Gasteiger partial charge is 0.497 e. The summed E-state index contributed by atoms with van der Waals surface area (Å²) in [6.45, 7) is 0.788. The molecule has 0 fully saturated rings. The van der Waals surface area contributed by atoms with Crippen LogP contribution in [0.2, 0.25) is 0 Å². The number of aromatic nitrogens is 2. The highest BCUT2D eigenvalue weighted by atomic mass is 16.5. The van der Waals surface area contributed by atoms with Gasteiger partial charge in [-0.1, -0.05) is 0 Å². The predicted molar refractivity (Wildman–Crippen MR) is 78.0 cm³/mol. The Morgan fingerprint density at radius 3 is 2.71 bits per heavy atom. The zero-order chi connectivity index (χ0) is 14.8. The van der Waals surface area contributed by atoms with Crippen molar-refractivity contribution in [1.82, 2.24) is 9.55 Å². The first-order chi connectivity index (χ1) is 10.2. The van der Waals surface area contributed by atoms with Gasteiger partial charge in [-0.25, -0.2) is 4.98 Å². The van der Waals surface area contributed by atoms with Crippen LogP contribution in [-0.4, -0.2) is 29.7 Å². The van der Waals surface area contributed by atoms with Gasteiger partial charge in [-0.05, 0) is 30.7 Å². The number of benzene rings is 1. The second-order valence-electron chi connectivity index (χ2n) is 5.17. The highest BCUT2D eigenvalue weighted by molar-refractivity contribution is 5.73. The molecule has 110 valence electrons. The molecule has 1 aliphatic heterocycles. The van der Waals surface area contributed by atoms with E-state index in [0.29, 0.717) is 6.42 Å². The average molecular weight is 286 g/mol. The molecule has 1 unspecified atom stereocenters. The maximum atomic E-state index is 11.7. The molecule has 1 aliphatic rings. The molecule has 0 saturated heterocycles. The van der Waals surface area contributed by atoms with Gasteiger partial charge in [0.1, 0.15) is 11.6 Å². The van der Waals surface area contributed by atoms with E-state index in [0.717, 1.165) is 35.8 Å². The molecule has 3 rings (SSSR count). The maximum absolute atomic E-state index is 11.7. The van der Waals surface area contributed by atoms with Crippen molar-refractivity contribution >= 4 is 5.97 Å². The normalized spacial score (nSPS) is 17.1. The summed E-state index contributed by atoms with van der Waals surface area (Å²) in [6, 6.07) is 7.86. The molecular formula is C16H18N2O3. The molecule has 0 spiro atoms. The molecule has 1 aromatic heterocycles. The molecule has 5 heteroatoms. The number of nitrogens with zero attached hydrogens (tertiary/aromatic N) is 2. The van der Waals surface area contributed by atoms with Crippen molar-refractivity contribution in [1.29, 1.82) is 0 Å². The maximum Gasteiger partial charge on any atom is 0.309 e. The van der Waals surface area contributed by atoms with Gasteiger partial charge in [0.25, 0.3) is 0 Å². The number of imidazole rings is 1. The smallest absolute Gasteiger partial charge is 0.309 e. The van der Waals surface area contributed by atoms with E-state index in [9.17, 15) is 4.79 Å². The number of fused-ring (bicyclic) bond motifs is 1. The van der Waals surface area contributed by atoms with Gasteiger partial charge in [0, 0.05) is 30.4 Å². The Bertz CT molecular complexity index is 646. The van der Waals surface area contributed by atoms with Crippen LogP contribution in [0.3, 0.4) is 0 Å². The number of hydrogen-bond donors (Lipinski definition) is 0. The molecule has 1 aromatic carbocycles. The molecule has 0 saturated carbocycles. The Morgan fingerprint density at radius 2 is 2.05 bits per heavy atom. The van der Waals surface area contributed by atoms with Crippen LogP contribution in [0.5, 0.6) is 5.75 Å². The predicted octanol–water partition coefficient (Wildman–Crippen LogP) is 2.29. The molecule has 0 bridgehead atoms. The number of rotatable bonds is 3. The molecule has 1 atom stereocenters. The van der Waals surface area contributed by atoms with Crippen molar-refractivity contribution in [3.8, 4) is 17.1 Å². The van der Waals surface area contributed by atoms with Gasteiger partial charge < -0.3 is 14.0 Å². The summed E-state index contributed by atoms with van der Waals surface area (Å²) in [4.78, 5) is 16.2. The second-order valence-corrected chi connectivity index (χ2v) is 5.17. The topological polar surface area (TPSA) is 53.4 Å². The summed E-state index contributed by atoms with van der Waals surface area (Å²) in [7, 11) is 3.09. The third-order valence-corrected chi connectivity index (χ3v) is 3.98. The van der Waals surface area contributed by atoms with Crippen molar-refractivity contribution in [2.45, 2.75) is 19.4 Å². The van der Waals surface area contributed by atoms with Crippen LogP contribution in [-0.2, 0) is 22.5 Å². The van der Waals surface area contributed by atoms with Gasteiger partial charge in [-0.3, -0.25) is 4.79 Å². The average Bonchev–Trinajstić information content (AvgIpc) is 2.97. The van der Waals surface area contributed by atoms with Gasteiger partial charge in [0.15, 0.2) is 0 Å². The summed E-state index contributed by atoms with van der Waals surface area (Å²) in [5.74, 6) is 1.59. The van der Waals surface area contributed by atoms with Gasteiger partial charge in [-0.15, -0.1) is 0 Å². The van der Waals surface area contributed by atoms with Gasteiger partial charge in [-0.2, -0.15) is 0 Å². The van der Waals surface area contributed by atoms with E-state index in [1.165, 1.54) is 7.11 Å². The van der Waals surface area contributed by atoms with Crippen LogP contribution in [0.4, 0.5) is 0 Å². The summed E-state index contributed by atoms with van der Waals surface area (Å²) >= 11 is 0. The van der Waals surface area contributed by atoms with E-state index < -0.39 is 0 Å². The van der Waals surface area contributed by atoms with E-state index in [1.54, 1.807) is 7.11 Å². The van der Waals surface area contributed by atoms with Gasteiger partial charge in [0.05, 0.1) is 20.1 Å². The lowest BCUT2D eigenvalue weighted by molar-refractivity contribution is -0.146. The molecule has 2 aromatic rings. The first-order valence-electron chi connectivity index (χ1n) is 6.99. The fourth-order valence-corrected chi connectivity index (χ4v) is 2.80. The number of ether oxygens (including phenoxy) is 2. The lowest BCUT2D eigenvalue weighted by atomic mass is 9.96. The number of esters is 1. The minimum Gasteiger partial charge on any atom is -0.497 e. The fraction of sp³-hybridized carbons (Fsp3) is 0.375. The number of hydrogen-bond acceptors (Lipinski definition) is 4. The van der Waals surface area contributed by atoms with Crippen LogP contribution < -0.4 is 4.74 Å². The third-order valence-electron chi connectivity index (χ3n) is 3.98. The van der Waals surface area contributed by atoms with Crippen LogP contribution in [0.25, 0.3) is 11.4 Å². The summed E-state index contributed by atoms with van der Waals surface area (Å²) in [6.07, 6.45) is 3.34. The quantitative estimate of drug-likeness (QED) is 0.812. The lowest BCUT2D eigenvalue weighted by Crippen LogP contribution is -2.26. The molecule has 5 nitrogen and oxygen atoms in total. The van der Waals surface area contributed by atoms with Crippen LogP contribution in [0.1, 0.15) is 12.1 Å². The zero-order valence-corrected chi connectivity index (χ0v) is 12.2. The zero-order valence-electron chi connectivity index (χ0n) is 12.2. The lowest BCUT2D eigenvalue weighted by Gasteiger charge is -2.23. The summed E-state index contributed by atoms with van der Waals surface area (Å²) in [5.41, 5.74) is 2.14. The molecule has 0 radical (unpaired) electrons. The van der Waals surface area contributed by atoms with Crippen LogP contribution >= 0.6 is 0 Å². The van der Waals surface area contributed by atoms with Gasteiger partial charge >= 0.3 is 5.97 Å². The summed E-state index contributed by atoms with van der Waals surface area (Å²) < 4.78 is 12.2. The number of methoxy groups -OCH3 is 2. The Labute approximate surface area is 123 Å². The van der Waals surface area contributed by atoms with E-state index in [-0.39, 0.29) is 11.9 Å². The van der Waals surface area contributed by atoms with E-state index in [4.69, 9.17) is 9.47 Å². The Kier molecular flexibility index (Phi) is 3.64. The standard InChI is InChI=1S/C16H18N2O3/c1-20-14-5-3-11(4-6-14)15-17-10-13-9-12(16(19)21-2)7-8-18(13)15/h3-6,10,12H,7-9H2,1-2H3. The Morgan fingerprint density at radius 1 is 1.29 bits per heavy atom. The van der Waals surface area contributed by atoms with Crippen molar-refractivity contribution < 1.29 is 14.3 Å². The SMILES string of the molecule is COC(=O)C1CCn2c(cnc2-c2ccc(OC)cc2)C1. The fourth-order valence-electron chi connectivity index (χ4n) is 2.80. The third kappa shape index (κ3) is 2.51. The Hall–Kier alpha value is -2.30. The monoisotopic (exact) mass is 286 g/mol. The number of carbonyl (C=O) groups is 1. The van der Waals surface area contributed by atoms with E-state index in [1.807, 2.05) is 30.5 Å². The van der Waals surface area contributed by atoms with Crippen LogP contribution in [0.15, 0.2) is 30.5 Å². The first kappa shape index (κ1) is 13.7. The minimum absolute atomic E-state index is 0.0529. The highest BCUT2D eigenvalue weighted by Gasteiger charge is 2.27. The van der Waals surface area contributed by atoms with Crippen LogP contribution in [0, 0.1) is 5.92 Å². The number of carbonyl (C=O) groups excluding carboxylic acids is 1. The van der Waals surface area contributed by atoms with Crippen molar-refractivity contribution in [3.63, 3.8) is 0 Å². The Balaban J connectivity index is 1.87.